The summed E-state index contributed by atoms with van der Waals surface area (Å²) >= 11 is 5.74. The Morgan fingerprint density at radius 2 is 1.83 bits per heavy atom. The molecule has 6 heteroatoms. The van der Waals surface area contributed by atoms with Gasteiger partial charge in [-0.25, -0.2) is 0 Å². The van der Waals surface area contributed by atoms with Gasteiger partial charge in [-0.05, 0) is 86.4 Å². The molecule has 1 saturated heterocycles. The van der Waals surface area contributed by atoms with Gasteiger partial charge < -0.3 is 19.9 Å². The number of thiocarbonyl (C=S) groups is 1. The number of aromatic amines is 1. The molecule has 5 rings (SSSR count). The summed E-state index contributed by atoms with van der Waals surface area (Å²) in [5.41, 5.74) is 3.11. The highest BCUT2D eigenvalue weighted by atomic mass is 32.1. The van der Waals surface area contributed by atoms with Crippen molar-refractivity contribution in [3.05, 3.63) is 78.4 Å². The maximum Gasteiger partial charge on any atom is 0.174 e. The Morgan fingerprint density at radius 1 is 1.00 bits per heavy atom. The Morgan fingerprint density at radius 3 is 2.52 bits per heavy atom. The minimum absolute atomic E-state index is 0.00556. The van der Waals surface area contributed by atoms with Gasteiger partial charge in [0, 0.05) is 23.8 Å². The second-order valence-corrected chi connectivity index (χ2v) is 8.03. The summed E-state index contributed by atoms with van der Waals surface area (Å²) in [7, 11) is 0. The molecule has 2 N–H and O–H groups in total. The highest BCUT2D eigenvalue weighted by Gasteiger charge is 2.41. The van der Waals surface area contributed by atoms with Crippen LogP contribution in [0.25, 0.3) is 0 Å². The van der Waals surface area contributed by atoms with Crippen LogP contribution in [0.1, 0.15) is 49.2 Å². The number of nitrogens with one attached hydrogen (secondary N) is 2. The summed E-state index contributed by atoms with van der Waals surface area (Å²) in [5.74, 6) is 0.927. The molecule has 0 unspecified atom stereocenters. The molecule has 2 aromatic heterocycles. The van der Waals surface area contributed by atoms with Crippen molar-refractivity contribution < 1.29 is 4.74 Å². The lowest BCUT2D eigenvalue weighted by Gasteiger charge is -2.27. The van der Waals surface area contributed by atoms with Crippen LogP contribution in [0.5, 0.6) is 5.75 Å². The van der Waals surface area contributed by atoms with E-state index in [2.05, 4.69) is 50.5 Å². The van der Waals surface area contributed by atoms with E-state index in [9.17, 15) is 0 Å². The molecule has 2 atom stereocenters. The van der Waals surface area contributed by atoms with Gasteiger partial charge in [0.05, 0.1) is 17.8 Å². The number of nitrogens with zero attached hydrogens (tertiary/aromatic N) is 2. The Balaban J connectivity index is 1.45. The molecule has 0 amide bonds. The number of pyridine rings is 1. The van der Waals surface area contributed by atoms with E-state index >= 15 is 0 Å². The van der Waals surface area contributed by atoms with E-state index in [4.69, 9.17) is 17.0 Å². The van der Waals surface area contributed by atoms with Crippen molar-refractivity contribution in [1.29, 1.82) is 0 Å². The first-order valence-electron chi connectivity index (χ1n) is 10.2. The predicted molar refractivity (Wildman–Crippen MR) is 118 cm³/mol. The van der Waals surface area contributed by atoms with E-state index in [-0.39, 0.29) is 12.1 Å². The Labute approximate surface area is 176 Å². The topological polar surface area (TPSA) is 53.2 Å². The van der Waals surface area contributed by atoms with Crippen LogP contribution in [0.3, 0.4) is 0 Å². The largest absolute Gasteiger partial charge is 0.490 e. The molecule has 1 aliphatic heterocycles. The normalized spacial score (nSPS) is 22.1. The van der Waals surface area contributed by atoms with Crippen molar-refractivity contribution in [3.8, 4) is 5.75 Å². The first-order valence-corrected chi connectivity index (χ1v) is 10.6. The summed E-state index contributed by atoms with van der Waals surface area (Å²) in [5, 5.41) is 4.17. The molecule has 0 radical (unpaired) electrons. The van der Waals surface area contributed by atoms with Gasteiger partial charge >= 0.3 is 0 Å². The van der Waals surface area contributed by atoms with Gasteiger partial charge in [-0.2, -0.15) is 0 Å². The van der Waals surface area contributed by atoms with Crippen molar-refractivity contribution >= 4 is 23.0 Å². The first kappa shape index (κ1) is 18.2. The second kappa shape index (κ2) is 7.87. The molecule has 0 bridgehead atoms. The third-order valence-electron chi connectivity index (χ3n) is 5.76. The van der Waals surface area contributed by atoms with Gasteiger partial charge in [-0.3, -0.25) is 4.98 Å². The maximum absolute atomic E-state index is 6.13. The van der Waals surface area contributed by atoms with Gasteiger partial charge in [0.15, 0.2) is 5.11 Å². The SMILES string of the molecule is S=C1N[C@@H](c2ccccn2)[C@@H](c2ccc[nH]2)N1c1ccc(OC2CCCC2)cc1. The van der Waals surface area contributed by atoms with E-state index in [0.29, 0.717) is 11.2 Å². The van der Waals surface area contributed by atoms with E-state index in [1.807, 2.05) is 36.7 Å². The number of anilines is 1. The zero-order valence-corrected chi connectivity index (χ0v) is 16.9. The zero-order valence-electron chi connectivity index (χ0n) is 16.1. The molecular weight excluding hydrogens is 380 g/mol. The lowest BCUT2D eigenvalue weighted by molar-refractivity contribution is 0.210. The predicted octanol–water partition coefficient (Wildman–Crippen LogP) is 4.91. The van der Waals surface area contributed by atoms with E-state index in [0.717, 1.165) is 35.7 Å². The number of hydrogen-bond donors (Lipinski definition) is 2. The maximum atomic E-state index is 6.13. The van der Waals surface area contributed by atoms with Crippen LogP contribution in [-0.2, 0) is 0 Å². The smallest absolute Gasteiger partial charge is 0.174 e. The molecule has 0 spiro atoms. The van der Waals surface area contributed by atoms with Crippen LogP contribution in [0.15, 0.2) is 67.0 Å². The van der Waals surface area contributed by atoms with E-state index < -0.39 is 0 Å². The van der Waals surface area contributed by atoms with Gasteiger partial charge in [0.25, 0.3) is 0 Å². The van der Waals surface area contributed by atoms with E-state index in [1.165, 1.54) is 12.8 Å². The fraction of sp³-hybridized carbons (Fsp3) is 0.304. The molecule has 148 valence electrons. The summed E-state index contributed by atoms with van der Waals surface area (Å²) in [6.45, 7) is 0. The highest BCUT2D eigenvalue weighted by molar-refractivity contribution is 7.80. The van der Waals surface area contributed by atoms with Gasteiger partial charge in [-0.15, -0.1) is 0 Å². The summed E-state index contributed by atoms with van der Waals surface area (Å²) in [6.07, 6.45) is 8.97. The number of ether oxygens (including phenoxy) is 1. The molecule has 3 aromatic rings. The average molecular weight is 405 g/mol. The zero-order chi connectivity index (χ0) is 19.6. The second-order valence-electron chi connectivity index (χ2n) is 7.64. The lowest BCUT2D eigenvalue weighted by Crippen LogP contribution is -2.29. The van der Waals surface area contributed by atoms with Crippen molar-refractivity contribution in [3.63, 3.8) is 0 Å². The van der Waals surface area contributed by atoms with Gasteiger partial charge in [0.2, 0.25) is 0 Å². The van der Waals surface area contributed by atoms with Crippen molar-refractivity contribution in [2.75, 3.05) is 4.90 Å². The summed E-state index contributed by atoms with van der Waals surface area (Å²) in [4.78, 5) is 10.1. The molecule has 5 nitrogen and oxygen atoms in total. The fourth-order valence-electron chi connectivity index (χ4n) is 4.36. The Hall–Kier alpha value is -2.86. The molecule has 1 aliphatic carbocycles. The monoisotopic (exact) mass is 404 g/mol. The van der Waals surface area contributed by atoms with Crippen LogP contribution in [0.4, 0.5) is 5.69 Å². The molecular formula is C23H24N4OS. The van der Waals surface area contributed by atoms with E-state index in [1.54, 1.807) is 0 Å². The Bertz CT molecular complexity index is 952. The summed E-state index contributed by atoms with van der Waals surface area (Å²) < 4.78 is 6.13. The van der Waals surface area contributed by atoms with Crippen molar-refractivity contribution in [1.82, 2.24) is 15.3 Å². The average Bonchev–Trinajstić information content (AvgIpc) is 3.50. The standard InChI is InChI=1S/C23H24N4OS/c29-23-26-21(19-8-3-4-14-24-19)22(20-9-5-15-25-20)27(23)16-10-12-18(13-11-16)28-17-6-1-2-7-17/h3-5,8-15,17,21-22,25H,1-2,6-7H2,(H,26,29)/t21-,22+/m0/s1. The first-order chi connectivity index (χ1) is 14.3. The fourth-order valence-corrected chi connectivity index (χ4v) is 4.71. The van der Waals surface area contributed by atoms with Crippen molar-refractivity contribution in [2.45, 2.75) is 43.9 Å². The van der Waals surface area contributed by atoms with Gasteiger partial charge in [0.1, 0.15) is 11.8 Å². The van der Waals surface area contributed by atoms with Gasteiger partial charge in [-0.1, -0.05) is 6.07 Å². The number of H-pyrrole nitrogens is 1. The van der Waals surface area contributed by atoms with Crippen LogP contribution >= 0.6 is 12.2 Å². The number of benzene rings is 1. The highest BCUT2D eigenvalue weighted by Crippen LogP contribution is 2.41. The van der Waals surface area contributed by atoms with Crippen LogP contribution in [-0.4, -0.2) is 21.2 Å². The number of hydrogen-bond acceptors (Lipinski definition) is 3. The molecule has 2 aliphatic rings. The molecule has 3 heterocycles. The quantitative estimate of drug-likeness (QED) is 0.592. The number of aromatic nitrogens is 2. The van der Waals surface area contributed by atoms with Crippen LogP contribution in [0.2, 0.25) is 0 Å². The minimum Gasteiger partial charge on any atom is -0.490 e. The number of rotatable bonds is 5. The third-order valence-corrected chi connectivity index (χ3v) is 6.07. The Kier molecular flexibility index (Phi) is 4.94. The minimum atomic E-state index is -0.0308. The van der Waals surface area contributed by atoms with Crippen molar-refractivity contribution in [2.24, 2.45) is 0 Å². The molecule has 1 aromatic carbocycles. The summed E-state index contributed by atoms with van der Waals surface area (Å²) in [6, 6.07) is 18.3. The van der Waals surface area contributed by atoms with Crippen LogP contribution < -0.4 is 15.0 Å². The third kappa shape index (κ3) is 3.60. The molecule has 2 fully saturated rings. The molecule has 1 saturated carbocycles. The molecule has 29 heavy (non-hydrogen) atoms. The van der Waals surface area contributed by atoms with Crippen LogP contribution in [0, 0.1) is 0 Å². The lowest BCUT2D eigenvalue weighted by atomic mass is 10.0.